The number of aromatic nitrogens is 2. The number of benzene rings is 2. The first-order valence-electron chi connectivity index (χ1n) is 9.39. The topological polar surface area (TPSA) is 128 Å². The molecule has 0 amide bonds. The monoisotopic (exact) mass is 463 g/mol. The fourth-order valence-corrected chi connectivity index (χ4v) is 3.51. The van der Waals surface area contributed by atoms with E-state index in [-0.39, 0.29) is 17.5 Å². The predicted octanol–water partition coefficient (Wildman–Crippen LogP) is 3.99. The van der Waals surface area contributed by atoms with Crippen molar-refractivity contribution in [2.75, 3.05) is 19.8 Å². The van der Waals surface area contributed by atoms with Gasteiger partial charge < -0.3 is 29.6 Å². The van der Waals surface area contributed by atoms with Gasteiger partial charge in [0.2, 0.25) is 5.82 Å². The normalized spacial score (nSPS) is 11.9. The molecule has 0 saturated heterocycles. The van der Waals surface area contributed by atoms with E-state index < -0.39 is 18.8 Å². The Labute approximate surface area is 187 Å². The number of hydrogen-bond donors (Lipinski definition) is 3. The molecular weight excluding hydrogens is 445 g/mol. The van der Waals surface area contributed by atoms with Gasteiger partial charge in [0.1, 0.15) is 22.6 Å². The van der Waals surface area contributed by atoms with Gasteiger partial charge >= 0.3 is 0 Å². The molecule has 0 saturated carbocycles. The summed E-state index contributed by atoms with van der Waals surface area (Å²) in [5.74, 6) is 1.35. The van der Waals surface area contributed by atoms with Gasteiger partial charge in [-0.3, -0.25) is 0 Å². The maximum Gasteiger partial charge on any atom is 0.258 e. The van der Waals surface area contributed by atoms with Crippen LogP contribution in [0, 0.1) is 0 Å². The summed E-state index contributed by atoms with van der Waals surface area (Å²) < 4.78 is 16.5. The summed E-state index contributed by atoms with van der Waals surface area (Å²) in [7, 11) is 0. The SMILES string of the molecule is CCOc1ccc(-c2nc(-c3cc4cc(C(N)(CO)CO)oc4cc3Cl)no2)cc1Cl. The fraction of sp³-hybridized carbons (Fsp3) is 0.238. The number of furan rings is 1. The van der Waals surface area contributed by atoms with Crippen LogP contribution in [0.15, 0.2) is 45.3 Å². The van der Waals surface area contributed by atoms with Gasteiger partial charge in [-0.1, -0.05) is 28.4 Å². The van der Waals surface area contributed by atoms with Gasteiger partial charge in [0, 0.05) is 22.6 Å². The highest BCUT2D eigenvalue weighted by molar-refractivity contribution is 6.34. The van der Waals surface area contributed by atoms with Crippen molar-refractivity contribution in [3.63, 3.8) is 0 Å². The van der Waals surface area contributed by atoms with Gasteiger partial charge in [-0.25, -0.2) is 0 Å². The van der Waals surface area contributed by atoms with E-state index in [2.05, 4.69) is 10.1 Å². The summed E-state index contributed by atoms with van der Waals surface area (Å²) in [5, 5.41) is 24.5. The molecule has 10 heteroatoms. The first-order valence-corrected chi connectivity index (χ1v) is 10.1. The lowest BCUT2D eigenvalue weighted by Gasteiger charge is -2.21. The van der Waals surface area contributed by atoms with E-state index in [4.69, 9.17) is 42.6 Å². The summed E-state index contributed by atoms with van der Waals surface area (Å²) in [6.07, 6.45) is 0. The van der Waals surface area contributed by atoms with E-state index in [1.54, 1.807) is 36.4 Å². The van der Waals surface area contributed by atoms with Crippen LogP contribution in [0.1, 0.15) is 12.7 Å². The van der Waals surface area contributed by atoms with Gasteiger partial charge in [0.25, 0.3) is 5.89 Å². The summed E-state index contributed by atoms with van der Waals surface area (Å²) in [5.41, 5.74) is 6.19. The molecule has 0 aliphatic rings. The highest BCUT2D eigenvalue weighted by atomic mass is 35.5. The van der Waals surface area contributed by atoms with Crippen LogP contribution in [0.4, 0.5) is 0 Å². The predicted molar refractivity (Wildman–Crippen MR) is 116 cm³/mol. The summed E-state index contributed by atoms with van der Waals surface area (Å²) in [6.45, 7) is 1.41. The van der Waals surface area contributed by atoms with Gasteiger partial charge in [-0.15, -0.1) is 0 Å². The molecule has 2 aromatic carbocycles. The molecule has 2 aromatic heterocycles. The minimum Gasteiger partial charge on any atom is -0.492 e. The third kappa shape index (κ3) is 4.00. The summed E-state index contributed by atoms with van der Waals surface area (Å²) in [6, 6.07) is 10.1. The number of aliphatic hydroxyl groups excluding tert-OH is 2. The Hall–Kier alpha value is -2.62. The summed E-state index contributed by atoms with van der Waals surface area (Å²) >= 11 is 12.7. The number of nitrogens with zero attached hydrogens (tertiary/aromatic N) is 2. The molecule has 0 bridgehead atoms. The molecule has 4 rings (SSSR count). The third-order valence-electron chi connectivity index (χ3n) is 4.81. The zero-order valence-electron chi connectivity index (χ0n) is 16.4. The second kappa shape index (κ2) is 8.49. The Morgan fingerprint density at radius 1 is 1.10 bits per heavy atom. The van der Waals surface area contributed by atoms with Crippen molar-refractivity contribution in [2.45, 2.75) is 12.5 Å². The Morgan fingerprint density at radius 3 is 2.55 bits per heavy atom. The van der Waals surface area contributed by atoms with Crippen LogP contribution in [0.3, 0.4) is 0 Å². The van der Waals surface area contributed by atoms with Crippen LogP contribution >= 0.6 is 23.2 Å². The smallest absolute Gasteiger partial charge is 0.258 e. The highest BCUT2D eigenvalue weighted by Gasteiger charge is 2.30. The average Bonchev–Trinajstić information content (AvgIpc) is 3.41. The Bertz CT molecular complexity index is 1230. The Kier molecular flexibility index (Phi) is 5.92. The number of ether oxygens (including phenoxy) is 1. The zero-order chi connectivity index (χ0) is 22.2. The molecule has 0 unspecified atom stereocenters. The maximum atomic E-state index is 9.51. The third-order valence-corrected chi connectivity index (χ3v) is 5.41. The molecule has 4 aromatic rings. The van der Waals surface area contributed by atoms with E-state index in [1.165, 1.54) is 0 Å². The van der Waals surface area contributed by atoms with Crippen LogP contribution in [-0.4, -0.2) is 40.2 Å². The minimum atomic E-state index is -1.40. The zero-order valence-corrected chi connectivity index (χ0v) is 17.9. The van der Waals surface area contributed by atoms with Crippen LogP contribution in [0.2, 0.25) is 10.0 Å². The second-order valence-electron chi connectivity index (χ2n) is 6.95. The average molecular weight is 464 g/mol. The van der Waals surface area contributed by atoms with E-state index in [0.717, 1.165) is 0 Å². The number of hydrogen-bond acceptors (Lipinski definition) is 8. The molecular formula is C21H19Cl2N3O5. The first-order chi connectivity index (χ1) is 14.9. The van der Waals surface area contributed by atoms with E-state index in [1.807, 2.05) is 6.92 Å². The molecule has 0 fully saturated rings. The van der Waals surface area contributed by atoms with Gasteiger partial charge in [0.15, 0.2) is 0 Å². The molecule has 162 valence electrons. The molecule has 31 heavy (non-hydrogen) atoms. The molecule has 0 spiro atoms. The van der Waals surface area contributed by atoms with Crippen LogP contribution < -0.4 is 10.5 Å². The second-order valence-corrected chi connectivity index (χ2v) is 7.77. The maximum absolute atomic E-state index is 9.51. The molecule has 8 nitrogen and oxygen atoms in total. The number of nitrogens with two attached hydrogens (primary N) is 1. The van der Waals surface area contributed by atoms with E-state index in [0.29, 0.717) is 44.5 Å². The van der Waals surface area contributed by atoms with Crippen molar-refractivity contribution in [3.05, 3.63) is 52.2 Å². The van der Waals surface area contributed by atoms with Crippen molar-refractivity contribution < 1.29 is 23.9 Å². The number of halogens is 2. The number of rotatable bonds is 7. The largest absolute Gasteiger partial charge is 0.492 e. The van der Waals surface area contributed by atoms with Crippen molar-refractivity contribution in [1.82, 2.24) is 10.1 Å². The van der Waals surface area contributed by atoms with Crippen LogP contribution in [-0.2, 0) is 5.54 Å². The molecule has 2 heterocycles. The molecule has 0 aliphatic carbocycles. The molecule has 0 atom stereocenters. The number of fused-ring (bicyclic) bond motifs is 1. The van der Waals surface area contributed by atoms with Crippen molar-refractivity contribution >= 4 is 34.2 Å². The summed E-state index contributed by atoms with van der Waals surface area (Å²) in [4.78, 5) is 4.43. The lowest BCUT2D eigenvalue weighted by Crippen LogP contribution is -2.43. The molecule has 0 aliphatic heterocycles. The van der Waals surface area contributed by atoms with Crippen molar-refractivity contribution in [2.24, 2.45) is 5.73 Å². The number of aliphatic hydroxyl groups is 2. The Morgan fingerprint density at radius 2 is 1.87 bits per heavy atom. The lowest BCUT2D eigenvalue weighted by atomic mass is 10.00. The van der Waals surface area contributed by atoms with E-state index >= 15 is 0 Å². The lowest BCUT2D eigenvalue weighted by molar-refractivity contribution is 0.105. The van der Waals surface area contributed by atoms with Crippen molar-refractivity contribution in [3.8, 4) is 28.6 Å². The molecule has 4 N–H and O–H groups in total. The fourth-order valence-electron chi connectivity index (χ4n) is 3.04. The highest BCUT2D eigenvalue weighted by Crippen LogP contribution is 2.36. The quantitative estimate of drug-likeness (QED) is 0.375. The van der Waals surface area contributed by atoms with Crippen molar-refractivity contribution in [1.29, 1.82) is 0 Å². The van der Waals surface area contributed by atoms with Gasteiger partial charge in [0.05, 0.1) is 29.9 Å². The van der Waals surface area contributed by atoms with Crippen LogP contribution in [0.5, 0.6) is 5.75 Å². The standard InChI is InChI=1S/C21H19Cl2N3O5/c1-2-29-16-4-3-11(6-15(16)23)20-25-19(26-31-20)13-5-12-7-18(21(24,9-27)10-28)30-17(12)8-14(13)22/h3-8,27-28H,2,9-10,24H2,1H3. The van der Waals surface area contributed by atoms with Gasteiger partial charge in [-0.05, 0) is 37.3 Å². The Balaban J connectivity index is 1.70. The van der Waals surface area contributed by atoms with Gasteiger partial charge in [-0.2, -0.15) is 4.98 Å². The first kappa shape index (κ1) is 21.6. The molecule has 0 radical (unpaired) electrons. The van der Waals surface area contributed by atoms with E-state index in [9.17, 15) is 10.2 Å². The minimum absolute atomic E-state index is 0.235. The van der Waals surface area contributed by atoms with Crippen LogP contribution in [0.25, 0.3) is 33.8 Å².